The van der Waals surface area contributed by atoms with Crippen LogP contribution in [0.25, 0.3) is 0 Å². The van der Waals surface area contributed by atoms with E-state index in [1.165, 1.54) is 28.2 Å². The molecule has 1 saturated heterocycles. The number of carbonyl (C=O) groups excluding carboxylic acids is 3. The molecular weight excluding hydrogens is 576 g/mol. The minimum absolute atomic E-state index is 0.132. The lowest BCUT2D eigenvalue weighted by atomic mass is 9.98. The van der Waals surface area contributed by atoms with Gasteiger partial charge in [-0.15, -0.1) is 0 Å². The summed E-state index contributed by atoms with van der Waals surface area (Å²) in [6, 6.07) is 13.4. The number of carboxylic acids is 1. The molecular formula is C31H31ClN4O7. The Morgan fingerprint density at radius 3 is 2.51 bits per heavy atom. The van der Waals surface area contributed by atoms with E-state index in [0.717, 1.165) is 5.56 Å². The SMILES string of the molecule is CC(C)(C)Oc1cc(C(=O)CC(=O)O)ccc1C1=N[C@@H](c2ccc(Cl)cc2)[C@@H](c2ccco2)N1C(=O)N1CCNC(=O)C1. The Labute approximate surface area is 253 Å². The standard InChI is InChI=1S/C31H31ClN4O7/c1-31(2,3)43-24-15-19(22(37)16-26(39)40)8-11-21(24)29-34-27(18-6-9-20(32)10-7-18)28(23-5-4-14-42-23)36(29)30(41)35-13-12-33-25(38)17-35/h4-11,14-15,27-28H,12-13,16-17H2,1-3H3,(H,33,38)(H,39,40)/t27-,28+/m0/s1. The van der Waals surface area contributed by atoms with Crippen molar-refractivity contribution in [3.63, 3.8) is 0 Å². The van der Waals surface area contributed by atoms with Gasteiger partial charge >= 0.3 is 12.0 Å². The maximum Gasteiger partial charge on any atom is 0.326 e. The number of nitrogens with zero attached hydrogens (tertiary/aromatic N) is 3. The van der Waals surface area contributed by atoms with Gasteiger partial charge in [-0.25, -0.2) is 4.79 Å². The number of hydrogen-bond donors (Lipinski definition) is 2. The number of Topliss-reactive ketones (excluding diaryl/α,β-unsaturated/α-hetero) is 1. The molecule has 1 fully saturated rings. The van der Waals surface area contributed by atoms with E-state index in [0.29, 0.717) is 29.4 Å². The molecule has 3 heterocycles. The molecule has 0 bridgehead atoms. The van der Waals surface area contributed by atoms with Gasteiger partial charge in [-0.2, -0.15) is 0 Å². The van der Waals surface area contributed by atoms with Gasteiger partial charge in [0.25, 0.3) is 0 Å². The highest BCUT2D eigenvalue weighted by atomic mass is 35.5. The second kappa shape index (κ2) is 11.9. The number of amides is 3. The molecule has 12 heteroatoms. The number of aliphatic imine (C=N–C) groups is 1. The average Bonchev–Trinajstić information content (AvgIpc) is 3.60. The topological polar surface area (TPSA) is 142 Å². The van der Waals surface area contributed by atoms with Crippen LogP contribution in [0.1, 0.15) is 66.5 Å². The Kier molecular flexibility index (Phi) is 8.27. The van der Waals surface area contributed by atoms with Crippen molar-refractivity contribution < 1.29 is 33.4 Å². The summed E-state index contributed by atoms with van der Waals surface area (Å²) in [4.78, 5) is 58.5. The molecule has 2 atom stereocenters. The Balaban J connectivity index is 1.69. The molecule has 3 aromatic rings. The summed E-state index contributed by atoms with van der Waals surface area (Å²) >= 11 is 6.18. The third-order valence-electron chi connectivity index (χ3n) is 6.90. The smallest absolute Gasteiger partial charge is 0.326 e. The quantitative estimate of drug-likeness (QED) is 0.289. The van der Waals surface area contributed by atoms with Crippen molar-refractivity contribution in [1.82, 2.24) is 15.1 Å². The Morgan fingerprint density at radius 1 is 1.14 bits per heavy atom. The van der Waals surface area contributed by atoms with Gasteiger partial charge < -0.3 is 24.5 Å². The number of furan rings is 1. The summed E-state index contributed by atoms with van der Waals surface area (Å²) in [5.74, 6) is -1.16. The van der Waals surface area contributed by atoms with Gasteiger partial charge in [0.1, 0.15) is 48.0 Å². The van der Waals surface area contributed by atoms with Crippen LogP contribution in [-0.2, 0) is 9.59 Å². The second-order valence-corrected chi connectivity index (χ2v) is 11.7. The van der Waals surface area contributed by atoms with Gasteiger partial charge in [-0.3, -0.25) is 24.3 Å². The third-order valence-corrected chi connectivity index (χ3v) is 7.15. The molecule has 11 nitrogen and oxygen atoms in total. The van der Waals surface area contributed by atoms with Gasteiger partial charge in [0, 0.05) is 23.7 Å². The van der Waals surface area contributed by atoms with Crippen molar-refractivity contribution in [3.05, 3.63) is 88.3 Å². The lowest BCUT2D eigenvalue weighted by Crippen LogP contribution is -2.55. The van der Waals surface area contributed by atoms with Gasteiger partial charge in [0.15, 0.2) is 5.78 Å². The monoisotopic (exact) mass is 606 g/mol. The van der Waals surface area contributed by atoms with E-state index in [1.807, 2.05) is 32.9 Å². The first-order chi connectivity index (χ1) is 20.4. The number of halogens is 1. The number of nitrogens with one attached hydrogen (secondary N) is 1. The zero-order chi connectivity index (χ0) is 30.9. The van der Waals surface area contributed by atoms with Crippen molar-refractivity contribution in [3.8, 4) is 5.75 Å². The number of amidine groups is 1. The maximum absolute atomic E-state index is 14.3. The third kappa shape index (κ3) is 6.56. The predicted molar refractivity (Wildman–Crippen MR) is 157 cm³/mol. The molecule has 1 aromatic heterocycles. The van der Waals surface area contributed by atoms with Gasteiger partial charge in [-0.1, -0.05) is 29.8 Å². The van der Waals surface area contributed by atoms with Crippen LogP contribution in [0.2, 0.25) is 5.02 Å². The molecule has 224 valence electrons. The summed E-state index contributed by atoms with van der Waals surface area (Å²) in [6.45, 7) is 5.95. The van der Waals surface area contributed by atoms with Crippen LogP contribution < -0.4 is 10.1 Å². The molecule has 0 radical (unpaired) electrons. The van der Waals surface area contributed by atoms with E-state index in [2.05, 4.69) is 5.32 Å². The predicted octanol–water partition coefficient (Wildman–Crippen LogP) is 4.86. The molecule has 2 aromatic carbocycles. The normalized spacial score (nSPS) is 18.7. The summed E-state index contributed by atoms with van der Waals surface area (Å²) in [5.41, 5.74) is 0.593. The van der Waals surface area contributed by atoms with Crippen LogP contribution >= 0.6 is 11.6 Å². The second-order valence-electron chi connectivity index (χ2n) is 11.3. The van der Waals surface area contributed by atoms with Crippen LogP contribution in [0.4, 0.5) is 4.79 Å². The summed E-state index contributed by atoms with van der Waals surface area (Å²) in [5, 5.41) is 12.5. The number of ether oxygens (including phenoxy) is 1. The van der Waals surface area contributed by atoms with Crippen LogP contribution in [0, 0.1) is 0 Å². The fourth-order valence-corrected chi connectivity index (χ4v) is 5.22. The summed E-state index contributed by atoms with van der Waals surface area (Å²) in [6.07, 6.45) is 0.830. The number of carbonyl (C=O) groups is 4. The number of piperazine rings is 1. The molecule has 0 unspecified atom stereocenters. The van der Waals surface area contributed by atoms with E-state index >= 15 is 0 Å². The van der Waals surface area contributed by atoms with Crippen LogP contribution in [0.3, 0.4) is 0 Å². The zero-order valence-corrected chi connectivity index (χ0v) is 24.6. The number of benzene rings is 2. The highest BCUT2D eigenvalue weighted by Crippen LogP contribution is 2.45. The van der Waals surface area contributed by atoms with Gasteiger partial charge in [0.05, 0.1) is 11.8 Å². The first-order valence-corrected chi connectivity index (χ1v) is 14.1. The maximum atomic E-state index is 14.3. The molecule has 0 saturated carbocycles. The van der Waals surface area contributed by atoms with Crippen molar-refractivity contribution in [2.24, 2.45) is 4.99 Å². The Bertz CT molecular complexity index is 1580. The first kappa shape index (κ1) is 29.8. The number of hydrogen-bond acceptors (Lipinski definition) is 7. The van der Waals surface area contributed by atoms with Crippen molar-refractivity contribution >= 4 is 41.1 Å². The minimum Gasteiger partial charge on any atom is -0.487 e. The molecule has 0 spiro atoms. The van der Waals surface area contributed by atoms with Crippen LogP contribution in [0.15, 0.2) is 70.3 Å². The Hall–Kier alpha value is -4.64. The highest BCUT2D eigenvalue weighted by Gasteiger charge is 2.46. The number of ketones is 1. The molecule has 5 rings (SSSR count). The summed E-state index contributed by atoms with van der Waals surface area (Å²) < 4.78 is 12.1. The van der Waals surface area contributed by atoms with E-state index in [4.69, 9.17) is 25.7 Å². The van der Waals surface area contributed by atoms with E-state index in [-0.39, 0.29) is 29.6 Å². The Morgan fingerprint density at radius 2 is 1.88 bits per heavy atom. The van der Waals surface area contributed by atoms with E-state index < -0.39 is 41.9 Å². The van der Waals surface area contributed by atoms with Gasteiger partial charge in [-0.05, 0) is 62.7 Å². The number of urea groups is 1. The lowest BCUT2D eigenvalue weighted by Gasteiger charge is -2.35. The number of rotatable bonds is 7. The van der Waals surface area contributed by atoms with Crippen molar-refractivity contribution in [2.75, 3.05) is 19.6 Å². The van der Waals surface area contributed by atoms with Crippen LogP contribution in [0.5, 0.6) is 5.75 Å². The molecule has 2 N–H and O–H groups in total. The molecule has 2 aliphatic heterocycles. The number of carboxylic acid groups (broad SMARTS) is 1. The molecule has 2 aliphatic rings. The van der Waals surface area contributed by atoms with Crippen LogP contribution in [-0.4, -0.2) is 69.7 Å². The highest BCUT2D eigenvalue weighted by molar-refractivity contribution is 6.30. The van der Waals surface area contributed by atoms with Gasteiger partial charge in [0.2, 0.25) is 5.91 Å². The number of aliphatic carboxylic acids is 1. The molecule has 3 amide bonds. The fraction of sp³-hybridized carbons (Fsp3) is 0.323. The minimum atomic E-state index is -1.25. The lowest BCUT2D eigenvalue weighted by molar-refractivity contribution is -0.136. The summed E-state index contributed by atoms with van der Waals surface area (Å²) in [7, 11) is 0. The average molecular weight is 607 g/mol. The first-order valence-electron chi connectivity index (χ1n) is 13.7. The van der Waals surface area contributed by atoms with E-state index in [9.17, 15) is 24.3 Å². The largest absolute Gasteiger partial charge is 0.487 e. The van der Waals surface area contributed by atoms with E-state index in [1.54, 1.807) is 30.3 Å². The molecule has 43 heavy (non-hydrogen) atoms. The fourth-order valence-electron chi connectivity index (χ4n) is 5.09. The zero-order valence-electron chi connectivity index (χ0n) is 23.9. The van der Waals surface area contributed by atoms with Crippen molar-refractivity contribution in [1.29, 1.82) is 0 Å². The molecule has 0 aliphatic carbocycles. The van der Waals surface area contributed by atoms with Crippen molar-refractivity contribution in [2.45, 2.75) is 44.9 Å².